The molecule has 1 heterocycles. The van der Waals surface area contributed by atoms with Crippen molar-refractivity contribution in [2.75, 3.05) is 11.2 Å². The topological polar surface area (TPSA) is 29.9 Å². The maximum atomic E-state index is 6.10. The van der Waals surface area contributed by atoms with E-state index >= 15 is 0 Å². The zero-order valence-electron chi connectivity index (χ0n) is 11.3. The van der Waals surface area contributed by atoms with E-state index in [0.29, 0.717) is 5.88 Å². The first-order valence-corrected chi connectivity index (χ1v) is 7.12. The molecule has 0 saturated heterocycles. The van der Waals surface area contributed by atoms with Crippen LogP contribution in [0.1, 0.15) is 11.6 Å². The summed E-state index contributed by atoms with van der Waals surface area (Å²) in [6.45, 7) is 0. The Morgan fingerprint density at radius 1 is 1.10 bits per heavy atom. The van der Waals surface area contributed by atoms with Crippen LogP contribution in [0.25, 0.3) is 11.0 Å². The summed E-state index contributed by atoms with van der Waals surface area (Å²) >= 11 is 6.10. The van der Waals surface area contributed by atoms with Gasteiger partial charge in [0.1, 0.15) is 0 Å². The van der Waals surface area contributed by atoms with Gasteiger partial charge in [-0.15, -0.1) is 11.6 Å². The number of fused-ring (bicyclic) bond motifs is 1. The molecule has 0 aliphatic heterocycles. The maximum absolute atomic E-state index is 6.10. The summed E-state index contributed by atoms with van der Waals surface area (Å²) in [6.07, 6.45) is 0. The number of alkyl halides is 1. The van der Waals surface area contributed by atoms with Gasteiger partial charge < -0.3 is 9.88 Å². The highest BCUT2D eigenvalue weighted by atomic mass is 35.5. The lowest BCUT2D eigenvalue weighted by Gasteiger charge is -2.17. The Morgan fingerprint density at radius 3 is 2.50 bits per heavy atom. The van der Waals surface area contributed by atoms with Gasteiger partial charge >= 0.3 is 0 Å². The van der Waals surface area contributed by atoms with Gasteiger partial charge in [0.2, 0.25) is 5.95 Å². The monoisotopic (exact) mass is 285 g/mol. The van der Waals surface area contributed by atoms with Gasteiger partial charge in [-0.25, -0.2) is 4.98 Å². The van der Waals surface area contributed by atoms with Crippen LogP contribution < -0.4 is 5.32 Å². The largest absolute Gasteiger partial charge is 0.348 e. The highest BCUT2D eigenvalue weighted by molar-refractivity contribution is 6.18. The van der Waals surface area contributed by atoms with E-state index in [4.69, 9.17) is 11.6 Å². The van der Waals surface area contributed by atoms with Gasteiger partial charge in [0.05, 0.1) is 17.1 Å². The molecule has 3 aromatic rings. The molecule has 0 fully saturated rings. The third kappa shape index (κ3) is 2.37. The summed E-state index contributed by atoms with van der Waals surface area (Å²) in [6, 6.07) is 18.3. The van der Waals surface area contributed by atoms with Crippen molar-refractivity contribution in [2.24, 2.45) is 7.05 Å². The van der Waals surface area contributed by atoms with Crippen LogP contribution in [0, 0.1) is 0 Å². The van der Waals surface area contributed by atoms with Gasteiger partial charge in [-0.2, -0.15) is 0 Å². The first kappa shape index (κ1) is 13.0. The van der Waals surface area contributed by atoms with Crippen molar-refractivity contribution >= 4 is 28.6 Å². The molecule has 0 aliphatic carbocycles. The molecule has 3 rings (SSSR count). The Hall–Kier alpha value is -2.00. The minimum Gasteiger partial charge on any atom is -0.348 e. The number of hydrogen-bond acceptors (Lipinski definition) is 2. The molecule has 20 heavy (non-hydrogen) atoms. The van der Waals surface area contributed by atoms with Crippen molar-refractivity contribution in [3.63, 3.8) is 0 Å². The Kier molecular flexibility index (Phi) is 3.61. The van der Waals surface area contributed by atoms with E-state index in [1.54, 1.807) is 0 Å². The second-order valence-corrected chi connectivity index (χ2v) is 5.05. The van der Waals surface area contributed by atoms with Gasteiger partial charge in [-0.1, -0.05) is 42.5 Å². The lowest BCUT2D eigenvalue weighted by Crippen LogP contribution is -2.15. The zero-order valence-corrected chi connectivity index (χ0v) is 12.0. The van der Waals surface area contributed by atoms with Crippen molar-refractivity contribution in [3.8, 4) is 0 Å². The molecule has 2 aromatic carbocycles. The SMILES string of the molecule is Cn1c(NC(CCl)c2ccccc2)nc2ccccc21. The molecule has 3 nitrogen and oxygen atoms in total. The fourth-order valence-electron chi connectivity index (χ4n) is 2.33. The number of benzene rings is 2. The summed E-state index contributed by atoms with van der Waals surface area (Å²) in [4.78, 5) is 4.62. The molecule has 0 bridgehead atoms. The van der Waals surface area contributed by atoms with Crippen LogP contribution in [-0.4, -0.2) is 15.4 Å². The Bertz CT molecular complexity index is 706. The number of aryl methyl sites for hydroxylation is 1. The van der Waals surface area contributed by atoms with Crippen molar-refractivity contribution in [1.82, 2.24) is 9.55 Å². The number of anilines is 1. The van der Waals surface area contributed by atoms with Crippen LogP contribution >= 0.6 is 11.6 Å². The van der Waals surface area contributed by atoms with E-state index < -0.39 is 0 Å². The smallest absolute Gasteiger partial charge is 0.204 e. The zero-order chi connectivity index (χ0) is 13.9. The van der Waals surface area contributed by atoms with E-state index in [2.05, 4.69) is 33.1 Å². The third-order valence-corrected chi connectivity index (χ3v) is 3.76. The Labute approximate surface area is 123 Å². The highest BCUT2D eigenvalue weighted by Crippen LogP contribution is 2.23. The van der Waals surface area contributed by atoms with Gasteiger partial charge in [0.15, 0.2) is 0 Å². The Morgan fingerprint density at radius 2 is 1.80 bits per heavy atom. The van der Waals surface area contributed by atoms with Crippen LogP contribution in [0.15, 0.2) is 54.6 Å². The fourth-order valence-corrected chi connectivity index (χ4v) is 2.58. The maximum Gasteiger partial charge on any atom is 0.204 e. The van der Waals surface area contributed by atoms with Gasteiger partial charge in [0, 0.05) is 12.9 Å². The molecule has 0 spiro atoms. The Balaban J connectivity index is 1.94. The molecule has 0 aliphatic rings. The molecule has 0 saturated carbocycles. The number of aromatic nitrogens is 2. The van der Waals surface area contributed by atoms with E-state index in [1.165, 1.54) is 0 Å². The van der Waals surface area contributed by atoms with Crippen molar-refractivity contribution in [3.05, 3.63) is 60.2 Å². The minimum absolute atomic E-state index is 0.0494. The predicted molar refractivity (Wildman–Crippen MR) is 84.2 cm³/mol. The summed E-state index contributed by atoms with van der Waals surface area (Å²) in [5.41, 5.74) is 3.25. The number of halogens is 1. The molecular formula is C16H16ClN3. The van der Waals surface area contributed by atoms with Gasteiger partial charge in [-0.3, -0.25) is 0 Å². The van der Waals surface area contributed by atoms with Crippen LogP contribution in [0.4, 0.5) is 5.95 Å². The molecule has 0 radical (unpaired) electrons. The average molecular weight is 286 g/mol. The number of para-hydroxylation sites is 2. The number of imidazole rings is 1. The first-order chi connectivity index (χ1) is 9.79. The quantitative estimate of drug-likeness (QED) is 0.735. The number of rotatable bonds is 4. The molecule has 1 N–H and O–H groups in total. The minimum atomic E-state index is 0.0494. The van der Waals surface area contributed by atoms with Crippen LogP contribution in [0.3, 0.4) is 0 Å². The molecule has 1 unspecified atom stereocenters. The lowest BCUT2D eigenvalue weighted by molar-refractivity contribution is 0.838. The lowest BCUT2D eigenvalue weighted by atomic mass is 10.1. The fraction of sp³-hybridized carbons (Fsp3) is 0.188. The summed E-state index contributed by atoms with van der Waals surface area (Å²) in [7, 11) is 2.01. The van der Waals surface area contributed by atoms with Crippen LogP contribution in [0.2, 0.25) is 0 Å². The molecule has 4 heteroatoms. The van der Waals surface area contributed by atoms with E-state index in [1.807, 2.05) is 43.4 Å². The normalized spacial score (nSPS) is 12.5. The van der Waals surface area contributed by atoms with Gasteiger partial charge in [-0.05, 0) is 17.7 Å². The summed E-state index contributed by atoms with van der Waals surface area (Å²) in [5, 5.41) is 3.42. The summed E-state index contributed by atoms with van der Waals surface area (Å²) in [5.74, 6) is 1.33. The van der Waals surface area contributed by atoms with Gasteiger partial charge in [0.25, 0.3) is 0 Å². The number of nitrogens with zero attached hydrogens (tertiary/aromatic N) is 2. The summed E-state index contributed by atoms with van der Waals surface area (Å²) < 4.78 is 2.05. The molecule has 0 amide bonds. The number of hydrogen-bond donors (Lipinski definition) is 1. The first-order valence-electron chi connectivity index (χ1n) is 6.58. The standard InChI is InChI=1S/C16H16ClN3/c1-20-15-10-6-5-9-13(15)18-16(20)19-14(11-17)12-7-3-2-4-8-12/h2-10,14H,11H2,1H3,(H,18,19). The van der Waals surface area contributed by atoms with Crippen LogP contribution in [0.5, 0.6) is 0 Å². The predicted octanol–water partition coefficient (Wildman–Crippen LogP) is 3.97. The van der Waals surface area contributed by atoms with E-state index in [0.717, 1.165) is 22.5 Å². The van der Waals surface area contributed by atoms with Crippen LogP contribution in [-0.2, 0) is 7.05 Å². The van der Waals surface area contributed by atoms with Crippen molar-refractivity contribution < 1.29 is 0 Å². The molecule has 102 valence electrons. The number of nitrogens with one attached hydrogen (secondary N) is 1. The van der Waals surface area contributed by atoms with Crippen molar-refractivity contribution in [1.29, 1.82) is 0 Å². The van der Waals surface area contributed by atoms with Crippen molar-refractivity contribution in [2.45, 2.75) is 6.04 Å². The third-order valence-electron chi connectivity index (χ3n) is 3.45. The molecular weight excluding hydrogens is 270 g/mol. The molecule has 1 atom stereocenters. The second kappa shape index (κ2) is 5.55. The van der Waals surface area contributed by atoms with E-state index in [-0.39, 0.29) is 6.04 Å². The average Bonchev–Trinajstić information content (AvgIpc) is 2.82. The second-order valence-electron chi connectivity index (χ2n) is 4.75. The molecule has 1 aromatic heterocycles. The highest BCUT2D eigenvalue weighted by Gasteiger charge is 2.14. The van der Waals surface area contributed by atoms with E-state index in [9.17, 15) is 0 Å².